The Morgan fingerprint density at radius 2 is 1.15 bits per heavy atom. The maximum atomic E-state index is 11.9. The van der Waals surface area contributed by atoms with Crippen molar-refractivity contribution in [3.63, 3.8) is 0 Å². The first-order valence-corrected chi connectivity index (χ1v) is 10.5. The van der Waals surface area contributed by atoms with Crippen molar-refractivity contribution in [3.05, 3.63) is 34.0 Å². The van der Waals surface area contributed by atoms with E-state index in [1.807, 2.05) is 12.1 Å². The van der Waals surface area contributed by atoms with Gasteiger partial charge in [-0.25, -0.2) is 0 Å². The van der Waals surface area contributed by atoms with Crippen molar-refractivity contribution in [1.82, 2.24) is 0 Å². The van der Waals surface area contributed by atoms with Crippen LogP contribution in [0.15, 0.2) is 24.3 Å². The molecule has 2 aromatic heterocycles. The molecule has 26 heavy (non-hydrogen) atoms. The number of hydrogen-bond donors (Lipinski definition) is 0. The van der Waals surface area contributed by atoms with Crippen molar-refractivity contribution in [1.29, 1.82) is 0 Å². The van der Waals surface area contributed by atoms with Crippen LogP contribution in [0, 0.1) is 11.8 Å². The van der Waals surface area contributed by atoms with Crippen molar-refractivity contribution in [3.8, 4) is 10.1 Å². The molecule has 0 aliphatic rings. The van der Waals surface area contributed by atoms with Crippen LogP contribution in [-0.2, 0) is 22.4 Å². The summed E-state index contributed by atoms with van der Waals surface area (Å²) in [6.45, 7) is 8.60. The van der Waals surface area contributed by atoms with Crippen LogP contribution in [0.1, 0.15) is 50.3 Å². The van der Waals surface area contributed by atoms with Gasteiger partial charge >= 0.3 is 11.9 Å². The lowest BCUT2D eigenvalue weighted by Gasteiger charge is -2.03. The van der Waals surface area contributed by atoms with Crippen LogP contribution < -0.4 is 9.47 Å². The Balaban J connectivity index is 1.73. The molecular weight excluding hydrogens is 368 g/mol. The molecule has 0 aliphatic heterocycles. The van der Waals surface area contributed by atoms with Crippen LogP contribution in [0.2, 0.25) is 0 Å². The molecule has 0 N–H and O–H groups in total. The van der Waals surface area contributed by atoms with Gasteiger partial charge in [-0.05, 0) is 48.9 Å². The number of hydrogen-bond acceptors (Lipinski definition) is 6. The molecule has 0 aliphatic carbocycles. The van der Waals surface area contributed by atoms with E-state index in [1.165, 1.54) is 32.4 Å². The third kappa shape index (κ3) is 7.30. The fraction of sp³-hybridized carbons (Fsp3) is 0.500. The monoisotopic (exact) mass is 394 g/mol. The molecule has 2 aromatic rings. The van der Waals surface area contributed by atoms with E-state index in [9.17, 15) is 9.59 Å². The van der Waals surface area contributed by atoms with Crippen molar-refractivity contribution < 1.29 is 19.1 Å². The van der Waals surface area contributed by atoms with Crippen molar-refractivity contribution in [2.75, 3.05) is 0 Å². The van der Waals surface area contributed by atoms with Crippen LogP contribution in [0.4, 0.5) is 0 Å². The lowest BCUT2D eigenvalue weighted by atomic mass is 10.1. The first kappa shape index (κ1) is 20.6. The number of thiophene rings is 2. The summed E-state index contributed by atoms with van der Waals surface area (Å²) < 4.78 is 10.6. The van der Waals surface area contributed by atoms with Crippen LogP contribution >= 0.6 is 22.7 Å². The molecule has 2 heterocycles. The maximum Gasteiger partial charge on any atom is 0.312 e. The summed E-state index contributed by atoms with van der Waals surface area (Å²) in [5.74, 6) is 0.300. The van der Waals surface area contributed by atoms with Crippen LogP contribution in [0.25, 0.3) is 0 Å². The maximum absolute atomic E-state index is 11.9. The highest BCUT2D eigenvalue weighted by molar-refractivity contribution is 7.14. The van der Waals surface area contributed by atoms with Crippen molar-refractivity contribution in [2.45, 2.75) is 53.4 Å². The van der Waals surface area contributed by atoms with Gasteiger partial charge in [0.1, 0.15) is 0 Å². The SMILES string of the molecule is CC(C)Cc1ccc(OC(=O)CCC(=O)Oc2ccc(CC(C)C)s2)s1. The van der Waals surface area contributed by atoms with E-state index in [0.29, 0.717) is 22.0 Å². The van der Waals surface area contributed by atoms with Gasteiger partial charge in [0.15, 0.2) is 10.1 Å². The highest BCUT2D eigenvalue weighted by Crippen LogP contribution is 2.28. The van der Waals surface area contributed by atoms with Gasteiger partial charge < -0.3 is 9.47 Å². The highest BCUT2D eigenvalue weighted by Gasteiger charge is 2.14. The summed E-state index contributed by atoms with van der Waals surface area (Å²) in [4.78, 5) is 26.2. The number of ether oxygens (including phenoxy) is 2. The Labute approximate surface area is 163 Å². The van der Waals surface area contributed by atoms with E-state index in [2.05, 4.69) is 27.7 Å². The fourth-order valence-electron chi connectivity index (χ4n) is 2.38. The normalized spacial score (nSPS) is 11.2. The number of carbonyl (C=O) groups excluding carboxylic acids is 2. The van der Waals surface area contributed by atoms with E-state index in [4.69, 9.17) is 9.47 Å². The number of rotatable bonds is 9. The first-order chi connectivity index (χ1) is 12.3. The van der Waals surface area contributed by atoms with Gasteiger partial charge in [0.05, 0.1) is 12.8 Å². The molecule has 0 bridgehead atoms. The number of esters is 2. The second-order valence-electron chi connectivity index (χ2n) is 7.09. The largest absolute Gasteiger partial charge is 0.415 e. The summed E-state index contributed by atoms with van der Waals surface area (Å²) in [5, 5.41) is 1.16. The standard InChI is InChI=1S/C20H26O4S2/c1-13(2)11-15-5-9-19(25-15)23-17(21)7-8-18(22)24-20-10-6-16(26-20)12-14(3)4/h5-6,9-10,13-14H,7-8,11-12H2,1-4H3. The summed E-state index contributed by atoms with van der Waals surface area (Å²) in [5.41, 5.74) is 0. The van der Waals surface area contributed by atoms with Gasteiger partial charge in [-0.3, -0.25) is 9.59 Å². The molecule has 0 saturated heterocycles. The summed E-state index contributed by atoms with van der Waals surface area (Å²) in [6, 6.07) is 7.57. The molecule has 142 valence electrons. The van der Waals surface area contributed by atoms with Gasteiger partial charge in [0.2, 0.25) is 0 Å². The molecule has 0 unspecified atom stereocenters. The van der Waals surface area contributed by atoms with E-state index in [0.717, 1.165) is 12.8 Å². The second kappa shape index (κ2) is 9.88. The molecule has 0 fully saturated rings. The van der Waals surface area contributed by atoms with Gasteiger partial charge in [-0.15, -0.1) is 22.7 Å². The van der Waals surface area contributed by atoms with Gasteiger partial charge in [-0.2, -0.15) is 0 Å². The second-order valence-corrected chi connectivity index (χ2v) is 9.35. The topological polar surface area (TPSA) is 52.6 Å². The molecule has 0 amide bonds. The fourth-order valence-corrected chi connectivity index (χ4v) is 4.54. The first-order valence-electron chi connectivity index (χ1n) is 8.90. The molecule has 0 aromatic carbocycles. The Bertz CT molecular complexity index is 666. The minimum absolute atomic E-state index is 0.0144. The molecule has 4 nitrogen and oxygen atoms in total. The third-order valence-electron chi connectivity index (χ3n) is 3.45. The lowest BCUT2D eigenvalue weighted by molar-refractivity contribution is -0.140. The predicted molar refractivity (Wildman–Crippen MR) is 106 cm³/mol. The van der Waals surface area contributed by atoms with E-state index in [1.54, 1.807) is 12.1 Å². The lowest BCUT2D eigenvalue weighted by Crippen LogP contribution is -2.13. The van der Waals surface area contributed by atoms with Crippen molar-refractivity contribution in [2.24, 2.45) is 11.8 Å². The van der Waals surface area contributed by atoms with Gasteiger partial charge in [0, 0.05) is 9.75 Å². The van der Waals surface area contributed by atoms with Gasteiger partial charge in [-0.1, -0.05) is 27.7 Å². The third-order valence-corrected chi connectivity index (χ3v) is 5.43. The zero-order valence-corrected chi connectivity index (χ0v) is 17.4. The molecule has 0 radical (unpaired) electrons. The minimum Gasteiger partial charge on any atom is -0.415 e. The molecule has 6 heteroatoms. The smallest absolute Gasteiger partial charge is 0.312 e. The van der Waals surface area contributed by atoms with Crippen LogP contribution in [-0.4, -0.2) is 11.9 Å². The Morgan fingerprint density at radius 3 is 1.50 bits per heavy atom. The van der Waals surface area contributed by atoms with Gasteiger partial charge in [0.25, 0.3) is 0 Å². The average molecular weight is 395 g/mol. The summed E-state index contributed by atoms with van der Waals surface area (Å²) in [7, 11) is 0. The molecule has 2 rings (SSSR count). The quantitative estimate of drug-likeness (QED) is 0.527. The van der Waals surface area contributed by atoms with Crippen LogP contribution in [0.3, 0.4) is 0 Å². The summed E-state index contributed by atoms with van der Waals surface area (Å²) in [6.07, 6.45) is 1.96. The predicted octanol–water partition coefficient (Wildman–Crippen LogP) is 5.50. The molecule has 0 atom stereocenters. The Morgan fingerprint density at radius 1 is 0.769 bits per heavy atom. The van der Waals surface area contributed by atoms with E-state index in [-0.39, 0.29) is 12.8 Å². The van der Waals surface area contributed by atoms with Crippen LogP contribution in [0.5, 0.6) is 10.1 Å². The summed E-state index contributed by atoms with van der Waals surface area (Å²) >= 11 is 2.95. The zero-order chi connectivity index (χ0) is 19.1. The number of carbonyl (C=O) groups is 2. The Kier molecular flexibility index (Phi) is 7.85. The van der Waals surface area contributed by atoms with E-state index < -0.39 is 11.9 Å². The average Bonchev–Trinajstić information content (AvgIpc) is 3.14. The van der Waals surface area contributed by atoms with Crippen molar-refractivity contribution >= 4 is 34.6 Å². The highest BCUT2D eigenvalue weighted by atomic mass is 32.1. The Hall–Kier alpha value is -1.66. The minimum atomic E-state index is -0.411. The zero-order valence-electron chi connectivity index (χ0n) is 15.7. The molecular formula is C20H26O4S2. The molecule has 0 saturated carbocycles. The van der Waals surface area contributed by atoms with E-state index >= 15 is 0 Å². The molecule has 0 spiro atoms.